The zero-order valence-corrected chi connectivity index (χ0v) is 14.1. The Hall–Kier alpha value is -1.85. The van der Waals surface area contributed by atoms with Gasteiger partial charge in [-0.25, -0.2) is 0 Å². The molecule has 1 atom stereocenters. The Morgan fingerprint density at radius 3 is 2.87 bits per heavy atom. The van der Waals surface area contributed by atoms with E-state index in [2.05, 4.69) is 24.0 Å². The number of likely N-dealkylation sites (tertiary alicyclic amines) is 1. The number of H-pyrrole nitrogens is 1. The number of nitrogens with two attached hydrogens (primary N) is 1. The van der Waals surface area contributed by atoms with Gasteiger partial charge >= 0.3 is 0 Å². The third-order valence-corrected chi connectivity index (χ3v) is 4.89. The molecule has 1 unspecified atom stereocenters. The molecule has 23 heavy (non-hydrogen) atoms. The normalized spacial score (nSPS) is 20.5. The van der Waals surface area contributed by atoms with Crippen LogP contribution in [0.1, 0.15) is 30.8 Å². The van der Waals surface area contributed by atoms with E-state index in [9.17, 15) is 4.79 Å². The smallest absolute Gasteiger partial charge is 0.271 e. The first-order chi connectivity index (χ1) is 10.9. The minimum Gasteiger partial charge on any atom is -0.337 e. The molecule has 122 valence electrons. The molecule has 3 rings (SSSR count). The predicted molar refractivity (Wildman–Crippen MR) is 91.3 cm³/mol. The molecule has 0 bridgehead atoms. The van der Waals surface area contributed by atoms with Gasteiger partial charge in [-0.1, -0.05) is 43.6 Å². The Bertz CT molecular complexity index is 725. The Kier molecular flexibility index (Phi) is 4.17. The summed E-state index contributed by atoms with van der Waals surface area (Å²) in [5, 5.41) is 7.68. The summed E-state index contributed by atoms with van der Waals surface area (Å²) >= 11 is 6.19. The Morgan fingerprint density at radius 2 is 2.17 bits per heavy atom. The number of rotatable bonds is 2. The van der Waals surface area contributed by atoms with Crippen LogP contribution in [-0.4, -0.2) is 40.1 Å². The second-order valence-electron chi connectivity index (χ2n) is 6.76. The van der Waals surface area contributed by atoms with Gasteiger partial charge in [-0.2, -0.15) is 5.10 Å². The number of hydrogen-bond donors (Lipinski definition) is 2. The molecule has 1 fully saturated rings. The standard InChI is InChI=1S/C17H21ClN4O/c1-17(2)10-22(8-7-15(17)19)16(23)14-9-13(20-21-14)11-5-3-4-6-12(11)18/h3-6,9,15H,7-8,10,19H2,1-2H3,(H,20,21). The van der Waals surface area contributed by atoms with Crippen molar-refractivity contribution in [3.05, 3.63) is 41.0 Å². The van der Waals surface area contributed by atoms with E-state index in [1.165, 1.54) is 0 Å². The molecule has 3 N–H and O–H groups in total. The van der Waals surface area contributed by atoms with Gasteiger partial charge in [0.05, 0.1) is 10.7 Å². The monoisotopic (exact) mass is 332 g/mol. The fourth-order valence-corrected chi connectivity index (χ4v) is 3.19. The number of amides is 1. The van der Waals surface area contributed by atoms with Crippen LogP contribution in [0.4, 0.5) is 0 Å². The Balaban J connectivity index is 1.81. The summed E-state index contributed by atoms with van der Waals surface area (Å²) in [7, 11) is 0. The maximum absolute atomic E-state index is 12.7. The molecule has 0 spiro atoms. The first-order valence-corrected chi connectivity index (χ1v) is 8.11. The van der Waals surface area contributed by atoms with Crippen LogP contribution in [0.25, 0.3) is 11.3 Å². The molecule has 6 heteroatoms. The minimum atomic E-state index is -0.0838. The lowest BCUT2D eigenvalue weighted by Gasteiger charge is -2.42. The van der Waals surface area contributed by atoms with Crippen LogP contribution >= 0.6 is 11.6 Å². The number of aromatic nitrogens is 2. The van der Waals surface area contributed by atoms with E-state index in [1.54, 1.807) is 6.07 Å². The van der Waals surface area contributed by atoms with Gasteiger partial charge in [-0.05, 0) is 24.0 Å². The number of hydrogen-bond acceptors (Lipinski definition) is 3. The molecule has 0 saturated carbocycles. The van der Waals surface area contributed by atoms with Crippen molar-refractivity contribution in [1.82, 2.24) is 15.1 Å². The lowest BCUT2D eigenvalue weighted by molar-refractivity contribution is 0.0527. The summed E-state index contributed by atoms with van der Waals surface area (Å²) in [6.45, 7) is 5.51. The van der Waals surface area contributed by atoms with Crippen LogP contribution in [-0.2, 0) is 0 Å². The first kappa shape index (κ1) is 16.0. The van der Waals surface area contributed by atoms with E-state index < -0.39 is 0 Å². The van der Waals surface area contributed by atoms with Crippen LogP contribution < -0.4 is 5.73 Å². The molecular weight excluding hydrogens is 312 g/mol. The van der Waals surface area contributed by atoms with Crippen molar-refractivity contribution >= 4 is 17.5 Å². The molecule has 1 saturated heterocycles. The van der Waals surface area contributed by atoms with E-state index in [0.717, 1.165) is 12.0 Å². The maximum Gasteiger partial charge on any atom is 0.271 e. The van der Waals surface area contributed by atoms with Crippen LogP contribution in [0, 0.1) is 5.41 Å². The minimum absolute atomic E-state index is 0.0456. The third-order valence-electron chi connectivity index (χ3n) is 4.56. The number of carbonyl (C=O) groups excluding carboxylic acids is 1. The number of piperidine rings is 1. The molecule has 1 amide bonds. The lowest BCUT2D eigenvalue weighted by atomic mass is 9.79. The number of carbonyl (C=O) groups is 1. The predicted octanol–water partition coefficient (Wildman–Crippen LogP) is 2.93. The summed E-state index contributed by atoms with van der Waals surface area (Å²) in [5.41, 5.74) is 8.02. The topological polar surface area (TPSA) is 75.0 Å². The highest BCUT2D eigenvalue weighted by Crippen LogP contribution is 2.30. The molecule has 1 aromatic carbocycles. The van der Waals surface area contributed by atoms with Crippen LogP contribution in [0.5, 0.6) is 0 Å². The average molecular weight is 333 g/mol. The molecule has 0 radical (unpaired) electrons. The van der Waals surface area contributed by atoms with E-state index in [-0.39, 0.29) is 17.4 Å². The van der Waals surface area contributed by atoms with Gasteiger partial charge in [0.25, 0.3) is 5.91 Å². The number of benzene rings is 1. The highest BCUT2D eigenvalue weighted by Gasteiger charge is 2.36. The van der Waals surface area contributed by atoms with Crippen molar-refractivity contribution in [2.24, 2.45) is 11.1 Å². The lowest BCUT2D eigenvalue weighted by Crippen LogP contribution is -2.54. The quantitative estimate of drug-likeness (QED) is 0.887. The van der Waals surface area contributed by atoms with Gasteiger partial charge < -0.3 is 10.6 Å². The SMILES string of the molecule is CC1(C)CN(C(=O)c2cc(-c3ccccc3Cl)n[nH]2)CCC1N. The summed E-state index contributed by atoms with van der Waals surface area (Å²) < 4.78 is 0. The average Bonchev–Trinajstić information content (AvgIpc) is 2.99. The maximum atomic E-state index is 12.7. The zero-order chi connectivity index (χ0) is 16.6. The van der Waals surface area contributed by atoms with Crippen molar-refractivity contribution in [1.29, 1.82) is 0 Å². The summed E-state index contributed by atoms with van der Waals surface area (Å²) in [4.78, 5) is 14.5. The van der Waals surface area contributed by atoms with Gasteiger partial charge in [-0.15, -0.1) is 0 Å². The van der Waals surface area contributed by atoms with E-state index in [0.29, 0.717) is 29.5 Å². The van der Waals surface area contributed by atoms with E-state index in [1.807, 2.05) is 29.2 Å². The first-order valence-electron chi connectivity index (χ1n) is 7.73. The molecule has 2 aromatic rings. The van der Waals surface area contributed by atoms with Crippen LogP contribution in [0.3, 0.4) is 0 Å². The van der Waals surface area contributed by atoms with E-state index >= 15 is 0 Å². The van der Waals surface area contributed by atoms with Gasteiger partial charge in [0.2, 0.25) is 0 Å². The molecular formula is C17H21ClN4O. The molecule has 1 aromatic heterocycles. The van der Waals surface area contributed by atoms with E-state index in [4.69, 9.17) is 17.3 Å². The Labute approximate surface area is 140 Å². The van der Waals surface area contributed by atoms with Crippen LogP contribution in [0.15, 0.2) is 30.3 Å². The van der Waals surface area contributed by atoms with Crippen molar-refractivity contribution in [2.45, 2.75) is 26.3 Å². The van der Waals surface area contributed by atoms with Gasteiger partial charge in [0.1, 0.15) is 5.69 Å². The second-order valence-corrected chi connectivity index (χ2v) is 7.16. The summed E-state index contributed by atoms with van der Waals surface area (Å²) in [5.74, 6) is -0.0456. The molecule has 2 heterocycles. The molecule has 5 nitrogen and oxygen atoms in total. The Morgan fingerprint density at radius 1 is 1.43 bits per heavy atom. The highest BCUT2D eigenvalue weighted by molar-refractivity contribution is 6.33. The third kappa shape index (κ3) is 3.12. The number of aromatic amines is 1. The van der Waals surface area contributed by atoms with Crippen molar-refractivity contribution in [2.75, 3.05) is 13.1 Å². The summed E-state index contributed by atoms with van der Waals surface area (Å²) in [6.07, 6.45) is 0.810. The number of nitrogens with zero attached hydrogens (tertiary/aromatic N) is 2. The zero-order valence-electron chi connectivity index (χ0n) is 13.3. The number of nitrogens with one attached hydrogen (secondary N) is 1. The van der Waals surface area contributed by atoms with Crippen molar-refractivity contribution < 1.29 is 4.79 Å². The fraction of sp³-hybridized carbons (Fsp3) is 0.412. The molecule has 1 aliphatic heterocycles. The second kappa shape index (κ2) is 5.98. The molecule has 1 aliphatic rings. The molecule has 0 aliphatic carbocycles. The van der Waals surface area contributed by atoms with Gasteiger partial charge in [-0.3, -0.25) is 9.89 Å². The van der Waals surface area contributed by atoms with Gasteiger partial charge in [0, 0.05) is 24.7 Å². The fourth-order valence-electron chi connectivity index (χ4n) is 2.96. The number of halogens is 1. The summed E-state index contributed by atoms with van der Waals surface area (Å²) in [6, 6.07) is 9.32. The van der Waals surface area contributed by atoms with Crippen molar-refractivity contribution in [3.8, 4) is 11.3 Å². The van der Waals surface area contributed by atoms with Gasteiger partial charge in [0.15, 0.2) is 0 Å². The largest absolute Gasteiger partial charge is 0.337 e. The highest BCUT2D eigenvalue weighted by atomic mass is 35.5. The van der Waals surface area contributed by atoms with Crippen molar-refractivity contribution in [3.63, 3.8) is 0 Å². The van der Waals surface area contributed by atoms with Crippen LogP contribution in [0.2, 0.25) is 5.02 Å².